The first-order chi connectivity index (χ1) is 5.65. The van der Waals surface area contributed by atoms with Gasteiger partial charge in [0.15, 0.2) is 0 Å². The van der Waals surface area contributed by atoms with Crippen molar-refractivity contribution in [3.05, 3.63) is 28.0 Å². The molecule has 2 nitrogen and oxygen atoms in total. The molecular formula is C8H5BrFNO. The fourth-order valence-electron chi connectivity index (χ4n) is 0.838. The van der Waals surface area contributed by atoms with Gasteiger partial charge in [-0.3, -0.25) is 0 Å². The molecule has 12 heavy (non-hydrogen) atoms. The number of hydrogen-bond donors (Lipinski definition) is 0. The van der Waals surface area contributed by atoms with Crippen molar-refractivity contribution in [3.63, 3.8) is 0 Å². The van der Waals surface area contributed by atoms with E-state index in [-0.39, 0.29) is 5.69 Å². The van der Waals surface area contributed by atoms with Gasteiger partial charge in [-0.05, 0) is 34.5 Å². The van der Waals surface area contributed by atoms with E-state index in [1.54, 1.807) is 6.92 Å². The van der Waals surface area contributed by atoms with Crippen molar-refractivity contribution in [3.8, 4) is 0 Å². The van der Waals surface area contributed by atoms with E-state index in [1.807, 2.05) is 0 Å². The predicted molar refractivity (Wildman–Crippen MR) is 46.6 cm³/mol. The highest BCUT2D eigenvalue weighted by Gasteiger charge is 2.04. The summed E-state index contributed by atoms with van der Waals surface area (Å²) in [6.07, 6.45) is 1.36. The molecule has 0 amide bonds. The lowest BCUT2D eigenvalue weighted by Gasteiger charge is -2.00. The second kappa shape index (κ2) is 3.61. The van der Waals surface area contributed by atoms with Gasteiger partial charge in [-0.1, -0.05) is 0 Å². The summed E-state index contributed by atoms with van der Waals surface area (Å²) in [5, 5.41) is 0. The smallest absolute Gasteiger partial charge is 0.211 e. The maximum Gasteiger partial charge on any atom is 0.240 e. The minimum absolute atomic E-state index is 0.266. The molecule has 0 bridgehead atoms. The number of aryl methyl sites for hydroxylation is 1. The molecule has 0 aliphatic rings. The Morgan fingerprint density at radius 2 is 2.25 bits per heavy atom. The highest BCUT2D eigenvalue weighted by Crippen LogP contribution is 2.29. The summed E-state index contributed by atoms with van der Waals surface area (Å²) in [6, 6.07) is 2.52. The van der Waals surface area contributed by atoms with Gasteiger partial charge in [0.1, 0.15) is 5.82 Å². The number of rotatable bonds is 1. The monoisotopic (exact) mass is 229 g/mol. The Hall–Kier alpha value is -0.990. The zero-order valence-electron chi connectivity index (χ0n) is 6.27. The molecule has 0 fully saturated rings. The molecule has 4 heteroatoms. The number of hydrogen-bond acceptors (Lipinski definition) is 2. The molecule has 0 aliphatic heterocycles. The lowest BCUT2D eigenvalue weighted by molar-refractivity contribution is 0.565. The number of isocyanates is 1. The molecule has 1 aromatic rings. The van der Waals surface area contributed by atoms with Crippen molar-refractivity contribution in [2.75, 3.05) is 0 Å². The highest BCUT2D eigenvalue weighted by molar-refractivity contribution is 9.10. The molecular weight excluding hydrogens is 225 g/mol. The molecule has 62 valence electrons. The third-order valence-corrected chi connectivity index (χ3v) is 2.40. The first-order valence-electron chi connectivity index (χ1n) is 3.18. The van der Waals surface area contributed by atoms with Gasteiger partial charge >= 0.3 is 0 Å². The Bertz CT molecular complexity index is 358. The molecule has 0 saturated carbocycles. The summed E-state index contributed by atoms with van der Waals surface area (Å²) in [6.45, 7) is 1.72. The van der Waals surface area contributed by atoms with E-state index >= 15 is 0 Å². The molecule has 0 saturated heterocycles. The SMILES string of the molecule is Cc1cc(F)cc(N=C=O)c1Br. The Kier molecular flexibility index (Phi) is 2.74. The highest BCUT2D eigenvalue weighted by atomic mass is 79.9. The fourth-order valence-corrected chi connectivity index (χ4v) is 1.16. The van der Waals surface area contributed by atoms with E-state index in [4.69, 9.17) is 0 Å². The van der Waals surface area contributed by atoms with Crippen LogP contribution in [0, 0.1) is 12.7 Å². The van der Waals surface area contributed by atoms with E-state index < -0.39 is 5.82 Å². The largest absolute Gasteiger partial charge is 0.240 e. The molecule has 0 atom stereocenters. The second-order valence-electron chi connectivity index (χ2n) is 2.26. The summed E-state index contributed by atoms with van der Waals surface area (Å²) in [7, 11) is 0. The van der Waals surface area contributed by atoms with E-state index in [9.17, 15) is 9.18 Å². The third-order valence-electron chi connectivity index (χ3n) is 1.37. The molecule has 0 aliphatic carbocycles. The molecule has 0 aromatic heterocycles. The van der Waals surface area contributed by atoms with Gasteiger partial charge in [0.05, 0.1) is 5.69 Å². The molecule has 0 heterocycles. The Labute approximate surface area is 77.3 Å². The molecule has 1 rings (SSSR count). The number of benzene rings is 1. The minimum Gasteiger partial charge on any atom is -0.211 e. The van der Waals surface area contributed by atoms with Crippen molar-refractivity contribution in [1.82, 2.24) is 0 Å². The fraction of sp³-hybridized carbons (Fsp3) is 0.125. The Morgan fingerprint density at radius 3 is 2.83 bits per heavy atom. The molecule has 0 radical (unpaired) electrons. The van der Waals surface area contributed by atoms with E-state index in [1.165, 1.54) is 18.2 Å². The van der Waals surface area contributed by atoms with Crippen LogP contribution in [0.25, 0.3) is 0 Å². The van der Waals surface area contributed by atoms with Gasteiger partial charge in [0.25, 0.3) is 0 Å². The number of carbonyl (C=O) groups excluding carboxylic acids is 1. The quantitative estimate of drug-likeness (QED) is 0.538. The van der Waals surface area contributed by atoms with Crippen LogP contribution < -0.4 is 0 Å². The topological polar surface area (TPSA) is 29.4 Å². The van der Waals surface area contributed by atoms with Gasteiger partial charge < -0.3 is 0 Å². The van der Waals surface area contributed by atoms with Crippen LogP contribution in [-0.4, -0.2) is 6.08 Å². The van der Waals surface area contributed by atoms with Crippen LogP contribution in [0.3, 0.4) is 0 Å². The van der Waals surface area contributed by atoms with Crippen molar-refractivity contribution >= 4 is 27.7 Å². The van der Waals surface area contributed by atoms with Crippen LogP contribution in [0.4, 0.5) is 10.1 Å². The summed E-state index contributed by atoms with van der Waals surface area (Å²) in [5.74, 6) is -0.412. The van der Waals surface area contributed by atoms with Gasteiger partial charge in [0.2, 0.25) is 6.08 Å². The van der Waals surface area contributed by atoms with Crippen LogP contribution in [-0.2, 0) is 4.79 Å². The second-order valence-corrected chi connectivity index (χ2v) is 3.05. The number of nitrogens with zero attached hydrogens (tertiary/aromatic N) is 1. The van der Waals surface area contributed by atoms with Gasteiger partial charge in [-0.15, -0.1) is 0 Å². The van der Waals surface area contributed by atoms with Crippen molar-refractivity contribution < 1.29 is 9.18 Å². The maximum atomic E-state index is 12.7. The maximum absolute atomic E-state index is 12.7. The van der Waals surface area contributed by atoms with Crippen LogP contribution in [0.2, 0.25) is 0 Å². The predicted octanol–water partition coefficient (Wildman–Crippen LogP) is 2.86. The van der Waals surface area contributed by atoms with Gasteiger partial charge in [-0.2, -0.15) is 4.99 Å². The van der Waals surface area contributed by atoms with Gasteiger partial charge in [-0.25, -0.2) is 9.18 Å². The average Bonchev–Trinajstić information content (AvgIpc) is 2.00. The van der Waals surface area contributed by atoms with Crippen LogP contribution >= 0.6 is 15.9 Å². The Morgan fingerprint density at radius 1 is 1.58 bits per heavy atom. The summed E-state index contributed by atoms with van der Waals surface area (Å²) in [4.78, 5) is 13.2. The van der Waals surface area contributed by atoms with E-state index in [0.717, 1.165) is 0 Å². The Balaban J connectivity index is 3.36. The lowest BCUT2D eigenvalue weighted by Crippen LogP contribution is -1.80. The molecule has 0 spiro atoms. The average molecular weight is 230 g/mol. The standard InChI is InChI=1S/C8H5BrFNO/c1-5-2-6(10)3-7(8(5)9)11-4-12/h2-3H,1H3. The summed E-state index contributed by atoms with van der Waals surface area (Å²) in [5.41, 5.74) is 0.964. The van der Waals surface area contributed by atoms with E-state index in [2.05, 4.69) is 20.9 Å². The number of aliphatic imine (C=N–C) groups is 1. The summed E-state index contributed by atoms with van der Waals surface area (Å²) < 4.78 is 13.3. The third kappa shape index (κ3) is 1.78. The van der Waals surface area contributed by atoms with Crippen molar-refractivity contribution in [2.24, 2.45) is 4.99 Å². The number of halogens is 2. The van der Waals surface area contributed by atoms with Gasteiger partial charge in [0, 0.05) is 10.5 Å². The first kappa shape index (κ1) is 9.10. The normalized spacial score (nSPS) is 9.25. The molecule has 1 aromatic carbocycles. The van der Waals surface area contributed by atoms with Crippen molar-refractivity contribution in [1.29, 1.82) is 0 Å². The lowest BCUT2D eigenvalue weighted by atomic mass is 10.2. The minimum atomic E-state index is -0.412. The van der Waals surface area contributed by atoms with Crippen LogP contribution in [0.1, 0.15) is 5.56 Å². The zero-order valence-corrected chi connectivity index (χ0v) is 7.85. The van der Waals surface area contributed by atoms with Crippen LogP contribution in [0.5, 0.6) is 0 Å². The summed E-state index contributed by atoms with van der Waals surface area (Å²) >= 11 is 3.18. The molecule has 0 unspecified atom stereocenters. The van der Waals surface area contributed by atoms with Crippen molar-refractivity contribution in [2.45, 2.75) is 6.92 Å². The first-order valence-corrected chi connectivity index (χ1v) is 3.98. The van der Waals surface area contributed by atoms with E-state index in [0.29, 0.717) is 10.0 Å². The molecule has 0 N–H and O–H groups in total. The zero-order chi connectivity index (χ0) is 9.14. The van der Waals surface area contributed by atoms with Crippen LogP contribution in [0.15, 0.2) is 21.6 Å².